The third-order valence-electron chi connectivity index (χ3n) is 4.99. The zero-order chi connectivity index (χ0) is 22.3. The van der Waals surface area contributed by atoms with E-state index in [2.05, 4.69) is 36.6 Å². The highest BCUT2D eigenvalue weighted by Crippen LogP contribution is 2.34. The van der Waals surface area contributed by atoms with Crippen molar-refractivity contribution in [3.63, 3.8) is 0 Å². The molecule has 1 aliphatic heterocycles. The SMILES string of the molecule is CN=C(NCCOc1ncccc1C(F)(F)F)NC1CCN(c2ccc(C)cn2)CC1. The molecule has 0 aliphatic carbocycles. The van der Waals surface area contributed by atoms with Gasteiger partial charge in [0.05, 0.1) is 6.54 Å². The number of alkyl halides is 3. The van der Waals surface area contributed by atoms with Crippen LogP contribution in [0.4, 0.5) is 19.0 Å². The number of rotatable bonds is 6. The number of hydrogen-bond acceptors (Lipinski definition) is 5. The quantitative estimate of drug-likeness (QED) is 0.412. The van der Waals surface area contributed by atoms with Crippen LogP contribution in [-0.2, 0) is 6.18 Å². The van der Waals surface area contributed by atoms with Crippen LogP contribution in [0.2, 0.25) is 0 Å². The molecular formula is C21H27F3N6O. The fourth-order valence-electron chi connectivity index (χ4n) is 3.33. The first-order valence-corrected chi connectivity index (χ1v) is 10.2. The number of halogens is 3. The second-order valence-electron chi connectivity index (χ2n) is 7.30. The van der Waals surface area contributed by atoms with E-state index in [0.717, 1.165) is 43.4 Å². The number of hydrogen-bond donors (Lipinski definition) is 2. The summed E-state index contributed by atoms with van der Waals surface area (Å²) in [6.45, 7) is 4.10. The predicted octanol–water partition coefficient (Wildman–Crippen LogP) is 3.02. The maximum absolute atomic E-state index is 13.0. The molecule has 7 nitrogen and oxygen atoms in total. The molecule has 10 heteroatoms. The summed E-state index contributed by atoms with van der Waals surface area (Å²) in [6.07, 6.45) is 0.496. The smallest absolute Gasteiger partial charge is 0.421 e. The van der Waals surface area contributed by atoms with Crippen molar-refractivity contribution in [2.45, 2.75) is 32.0 Å². The minimum absolute atomic E-state index is 0.0261. The van der Waals surface area contributed by atoms with Gasteiger partial charge in [0.25, 0.3) is 0 Å². The zero-order valence-corrected chi connectivity index (χ0v) is 17.6. The third-order valence-corrected chi connectivity index (χ3v) is 4.99. The van der Waals surface area contributed by atoms with Crippen molar-refractivity contribution in [3.05, 3.63) is 47.8 Å². The summed E-state index contributed by atoms with van der Waals surface area (Å²) in [5.74, 6) is 1.15. The lowest BCUT2D eigenvalue weighted by Crippen LogP contribution is -2.49. The minimum atomic E-state index is -4.50. The van der Waals surface area contributed by atoms with E-state index in [4.69, 9.17) is 4.74 Å². The number of aliphatic imine (C=N–C) groups is 1. The Morgan fingerprint density at radius 3 is 2.65 bits per heavy atom. The van der Waals surface area contributed by atoms with Gasteiger partial charge in [-0.15, -0.1) is 0 Å². The molecule has 168 valence electrons. The van der Waals surface area contributed by atoms with Gasteiger partial charge in [0, 0.05) is 38.6 Å². The van der Waals surface area contributed by atoms with Crippen molar-refractivity contribution >= 4 is 11.8 Å². The first-order chi connectivity index (χ1) is 14.9. The standard InChI is InChI=1S/C21H27F3N6O/c1-15-5-6-18(28-14-15)30-11-7-16(8-12-30)29-20(25-2)27-10-13-31-19-17(21(22,23)24)4-3-9-26-19/h3-6,9,14,16H,7-8,10-13H2,1-2H3,(H2,25,27,29). The predicted molar refractivity (Wildman–Crippen MR) is 113 cm³/mol. The molecule has 31 heavy (non-hydrogen) atoms. The van der Waals surface area contributed by atoms with Crippen LogP contribution in [0.3, 0.4) is 0 Å². The van der Waals surface area contributed by atoms with E-state index in [9.17, 15) is 13.2 Å². The number of aryl methyl sites for hydroxylation is 1. The molecule has 0 unspecified atom stereocenters. The summed E-state index contributed by atoms with van der Waals surface area (Å²) in [4.78, 5) is 14.6. The summed E-state index contributed by atoms with van der Waals surface area (Å²) in [7, 11) is 1.65. The van der Waals surface area contributed by atoms with Crippen molar-refractivity contribution in [2.24, 2.45) is 4.99 Å². The molecule has 2 aromatic rings. The first-order valence-electron chi connectivity index (χ1n) is 10.2. The Morgan fingerprint density at radius 2 is 2.00 bits per heavy atom. The van der Waals surface area contributed by atoms with Gasteiger partial charge in [0.15, 0.2) is 5.96 Å². The second kappa shape index (κ2) is 10.3. The van der Waals surface area contributed by atoms with Crippen LogP contribution in [0.15, 0.2) is 41.7 Å². The van der Waals surface area contributed by atoms with Gasteiger partial charge in [-0.3, -0.25) is 4.99 Å². The molecule has 3 heterocycles. The summed E-state index contributed by atoms with van der Waals surface area (Å²) in [5.41, 5.74) is 0.254. The van der Waals surface area contributed by atoms with Gasteiger partial charge in [-0.1, -0.05) is 6.07 Å². The van der Waals surface area contributed by atoms with E-state index < -0.39 is 17.6 Å². The van der Waals surface area contributed by atoms with E-state index >= 15 is 0 Å². The van der Waals surface area contributed by atoms with Gasteiger partial charge >= 0.3 is 6.18 Å². The number of nitrogens with one attached hydrogen (secondary N) is 2. The number of piperidine rings is 1. The van der Waals surface area contributed by atoms with Crippen molar-refractivity contribution in [2.75, 3.05) is 38.2 Å². The van der Waals surface area contributed by atoms with Gasteiger partial charge in [-0.2, -0.15) is 13.2 Å². The van der Waals surface area contributed by atoms with Crippen LogP contribution >= 0.6 is 0 Å². The molecule has 1 saturated heterocycles. The topological polar surface area (TPSA) is 74.7 Å². The minimum Gasteiger partial charge on any atom is -0.475 e. The lowest BCUT2D eigenvalue weighted by molar-refractivity contribution is -0.139. The highest BCUT2D eigenvalue weighted by molar-refractivity contribution is 5.80. The second-order valence-corrected chi connectivity index (χ2v) is 7.30. The van der Waals surface area contributed by atoms with E-state index in [1.165, 1.54) is 12.3 Å². The van der Waals surface area contributed by atoms with Crippen molar-refractivity contribution in [3.8, 4) is 5.88 Å². The van der Waals surface area contributed by atoms with Gasteiger partial charge in [0.2, 0.25) is 5.88 Å². The van der Waals surface area contributed by atoms with Crippen LogP contribution in [0.25, 0.3) is 0 Å². The normalized spacial score (nSPS) is 15.6. The lowest BCUT2D eigenvalue weighted by Gasteiger charge is -2.33. The molecule has 1 aliphatic rings. The highest BCUT2D eigenvalue weighted by atomic mass is 19.4. The van der Waals surface area contributed by atoms with Crippen LogP contribution < -0.4 is 20.3 Å². The molecule has 0 aromatic carbocycles. The molecule has 0 radical (unpaired) electrons. The summed E-state index contributed by atoms with van der Waals surface area (Å²) in [6, 6.07) is 6.54. The van der Waals surface area contributed by atoms with Crippen molar-refractivity contribution in [1.82, 2.24) is 20.6 Å². The molecule has 2 aromatic heterocycles. The molecule has 0 bridgehead atoms. The Bertz CT molecular complexity index is 864. The molecular weight excluding hydrogens is 409 g/mol. The van der Waals surface area contributed by atoms with Crippen LogP contribution in [0.5, 0.6) is 5.88 Å². The lowest BCUT2D eigenvalue weighted by atomic mass is 10.1. The van der Waals surface area contributed by atoms with Crippen LogP contribution in [0.1, 0.15) is 24.0 Å². The maximum Gasteiger partial charge on any atom is 0.421 e. The average Bonchev–Trinajstić information content (AvgIpc) is 2.76. The average molecular weight is 436 g/mol. The van der Waals surface area contributed by atoms with Crippen molar-refractivity contribution in [1.29, 1.82) is 0 Å². The Balaban J connectivity index is 1.41. The van der Waals surface area contributed by atoms with Gasteiger partial charge in [-0.25, -0.2) is 9.97 Å². The number of ether oxygens (including phenoxy) is 1. The Morgan fingerprint density at radius 1 is 1.23 bits per heavy atom. The molecule has 2 N–H and O–H groups in total. The van der Waals surface area contributed by atoms with Gasteiger partial charge in [-0.05, 0) is 43.5 Å². The molecule has 3 rings (SSSR count). The zero-order valence-electron chi connectivity index (χ0n) is 17.6. The van der Waals surface area contributed by atoms with Gasteiger partial charge in [0.1, 0.15) is 18.0 Å². The molecule has 0 spiro atoms. The van der Waals surface area contributed by atoms with Crippen LogP contribution in [-0.4, -0.2) is 55.3 Å². The molecule has 0 saturated carbocycles. The molecule has 0 amide bonds. The highest BCUT2D eigenvalue weighted by Gasteiger charge is 2.35. The Kier molecular flexibility index (Phi) is 7.54. The first kappa shape index (κ1) is 22.6. The third kappa shape index (κ3) is 6.47. The van der Waals surface area contributed by atoms with E-state index in [1.54, 1.807) is 7.05 Å². The summed E-state index contributed by atoms with van der Waals surface area (Å²) < 4.78 is 44.2. The van der Waals surface area contributed by atoms with Crippen molar-refractivity contribution < 1.29 is 17.9 Å². The fourth-order valence-corrected chi connectivity index (χ4v) is 3.33. The van der Waals surface area contributed by atoms with E-state index in [-0.39, 0.29) is 12.6 Å². The monoisotopic (exact) mass is 436 g/mol. The van der Waals surface area contributed by atoms with E-state index in [0.29, 0.717) is 12.5 Å². The number of pyridine rings is 2. The molecule has 0 atom stereocenters. The summed E-state index contributed by atoms with van der Waals surface area (Å²) >= 11 is 0. The Labute approximate surface area is 179 Å². The summed E-state index contributed by atoms with van der Waals surface area (Å²) in [5, 5.41) is 6.43. The molecule has 1 fully saturated rings. The number of guanidine groups is 1. The van der Waals surface area contributed by atoms with Gasteiger partial charge < -0.3 is 20.3 Å². The number of nitrogens with zero attached hydrogens (tertiary/aromatic N) is 4. The number of anilines is 1. The Hall–Kier alpha value is -3.04. The van der Waals surface area contributed by atoms with E-state index in [1.807, 2.05) is 19.2 Å². The maximum atomic E-state index is 13.0. The van der Waals surface area contributed by atoms with Crippen LogP contribution in [0, 0.1) is 6.92 Å². The number of aromatic nitrogens is 2. The largest absolute Gasteiger partial charge is 0.475 e. The fraction of sp³-hybridized carbons (Fsp3) is 0.476.